The Hall–Kier alpha value is -3.94. The van der Waals surface area contributed by atoms with E-state index in [2.05, 4.69) is 32.7 Å². The number of para-hydroxylation sites is 1. The molecule has 0 atom stereocenters. The van der Waals surface area contributed by atoms with E-state index in [1.165, 1.54) is 10.9 Å². The average molecular weight is 428 g/mol. The van der Waals surface area contributed by atoms with Crippen LogP contribution in [-0.4, -0.2) is 49.8 Å². The minimum absolute atomic E-state index is 0.119. The number of nitrogens with zero attached hydrogens (tertiary/aromatic N) is 4. The first kappa shape index (κ1) is 20.0. The molecule has 2 aromatic carbocycles. The first-order valence-corrected chi connectivity index (χ1v) is 10.8. The molecular weight excluding hydrogens is 404 g/mol. The van der Waals surface area contributed by atoms with Gasteiger partial charge in [-0.05, 0) is 56.2 Å². The molecule has 8 heteroatoms. The number of carbonyl (C=O) groups is 2. The molecule has 5 rings (SSSR count). The van der Waals surface area contributed by atoms with Gasteiger partial charge in [-0.2, -0.15) is 0 Å². The summed E-state index contributed by atoms with van der Waals surface area (Å²) in [5.74, 6) is -0.247. The van der Waals surface area contributed by atoms with E-state index in [0.29, 0.717) is 36.6 Å². The molecule has 1 aliphatic rings. The third-order valence-electron chi connectivity index (χ3n) is 5.98. The largest absolute Gasteiger partial charge is 0.357 e. The number of hydrogen-bond donors (Lipinski definition) is 2. The highest BCUT2D eigenvalue weighted by atomic mass is 16.2. The third kappa shape index (κ3) is 3.33. The van der Waals surface area contributed by atoms with E-state index in [4.69, 9.17) is 0 Å². The van der Waals surface area contributed by atoms with Crippen molar-refractivity contribution in [1.82, 2.24) is 30.2 Å². The fraction of sp³-hybridized carbons (Fsp3) is 0.250. The van der Waals surface area contributed by atoms with Gasteiger partial charge in [-0.1, -0.05) is 23.4 Å². The Morgan fingerprint density at radius 1 is 1.12 bits per heavy atom. The normalized spacial score (nSPS) is 13.2. The van der Waals surface area contributed by atoms with Crippen LogP contribution in [0.1, 0.15) is 44.7 Å². The Bertz CT molecular complexity index is 1320. The molecule has 3 heterocycles. The predicted molar refractivity (Wildman–Crippen MR) is 121 cm³/mol. The van der Waals surface area contributed by atoms with E-state index in [0.717, 1.165) is 23.3 Å². The van der Waals surface area contributed by atoms with Crippen LogP contribution in [0, 0.1) is 6.92 Å². The van der Waals surface area contributed by atoms with Crippen LogP contribution in [0.3, 0.4) is 0 Å². The lowest BCUT2D eigenvalue weighted by Gasteiger charge is -2.26. The van der Waals surface area contributed by atoms with Gasteiger partial charge in [-0.25, -0.2) is 4.68 Å². The van der Waals surface area contributed by atoms with Gasteiger partial charge >= 0.3 is 0 Å². The lowest BCUT2D eigenvalue weighted by Crippen LogP contribution is -2.36. The number of hydrogen-bond acceptors (Lipinski definition) is 4. The van der Waals surface area contributed by atoms with Crippen LogP contribution in [0.25, 0.3) is 16.6 Å². The van der Waals surface area contributed by atoms with Crippen molar-refractivity contribution in [3.05, 3.63) is 76.7 Å². The highest BCUT2D eigenvalue weighted by Gasteiger charge is 2.28. The maximum atomic E-state index is 13.2. The third-order valence-corrected chi connectivity index (χ3v) is 5.98. The fourth-order valence-corrected chi connectivity index (χ4v) is 4.30. The van der Waals surface area contributed by atoms with Gasteiger partial charge in [-0.15, -0.1) is 5.10 Å². The second-order valence-electron chi connectivity index (χ2n) is 7.95. The van der Waals surface area contributed by atoms with Crippen molar-refractivity contribution in [1.29, 1.82) is 0 Å². The Kier molecular flexibility index (Phi) is 4.97. The molecule has 162 valence electrons. The number of H-pyrrole nitrogens is 1. The van der Waals surface area contributed by atoms with Gasteiger partial charge in [0.05, 0.1) is 17.9 Å². The Labute approximate surface area is 185 Å². The molecule has 0 saturated carbocycles. The van der Waals surface area contributed by atoms with Crippen molar-refractivity contribution in [2.75, 3.05) is 13.1 Å². The van der Waals surface area contributed by atoms with Crippen LogP contribution in [-0.2, 0) is 13.0 Å². The molecule has 32 heavy (non-hydrogen) atoms. The molecule has 2 aromatic heterocycles. The van der Waals surface area contributed by atoms with Crippen molar-refractivity contribution < 1.29 is 9.59 Å². The summed E-state index contributed by atoms with van der Waals surface area (Å²) >= 11 is 0. The Balaban J connectivity index is 1.37. The number of aromatic amines is 1. The molecule has 0 saturated heterocycles. The summed E-state index contributed by atoms with van der Waals surface area (Å²) in [6, 6.07) is 15.3. The smallest absolute Gasteiger partial charge is 0.276 e. The van der Waals surface area contributed by atoms with Gasteiger partial charge < -0.3 is 15.2 Å². The summed E-state index contributed by atoms with van der Waals surface area (Å²) in [4.78, 5) is 30.5. The predicted octanol–water partition coefficient (Wildman–Crippen LogP) is 3.01. The molecule has 0 fully saturated rings. The number of amides is 2. The molecule has 0 aliphatic carbocycles. The zero-order valence-electron chi connectivity index (χ0n) is 18.1. The fourth-order valence-electron chi connectivity index (χ4n) is 4.30. The SMILES string of the molecule is CCNC(=O)c1ccc(-n2nnc(C(=O)N3CCc4c([nH]c5ccccc45)C3)c2C)cc1. The van der Waals surface area contributed by atoms with Gasteiger partial charge in [0.1, 0.15) is 0 Å². The van der Waals surface area contributed by atoms with Crippen LogP contribution in [0.2, 0.25) is 0 Å². The van der Waals surface area contributed by atoms with Crippen LogP contribution in [0.5, 0.6) is 0 Å². The summed E-state index contributed by atoms with van der Waals surface area (Å²) in [6.07, 6.45) is 0.805. The summed E-state index contributed by atoms with van der Waals surface area (Å²) in [7, 11) is 0. The van der Waals surface area contributed by atoms with Crippen LogP contribution < -0.4 is 5.32 Å². The monoisotopic (exact) mass is 428 g/mol. The molecule has 1 aliphatic heterocycles. The van der Waals surface area contributed by atoms with Gasteiger partial charge in [-0.3, -0.25) is 9.59 Å². The van der Waals surface area contributed by atoms with E-state index in [9.17, 15) is 9.59 Å². The quantitative estimate of drug-likeness (QED) is 0.522. The second-order valence-corrected chi connectivity index (χ2v) is 7.95. The first-order chi connectivity index (χ1) is 15.6. The van der Waals surface area contributed by atoms with Crippen molar-refractivity contribution in [3.8, 4) is 5.69 Å². The maximum absolute atomic E-state index is 13.2. The summed E-state index contributed by atoms with van der Waals surface area (Å²) in [5.41, 5.74) is 5.81. The van der Waals surface area contributed by atoms with Crippen molar-refractivity contribution in [3.63, 3.8) is 0 Å². The molecule has 8 nitrogen and oxygen atoms in total. The van der Waals surface area contributed by atoms with E-state index in [1.54, 1.807) is 28.9 Å². The molecule has 0 radical (unpaired) electrons. The molecule has 0 spiro atoms. The zero-order valence-corrected chi connectivity index (χ0v) is 18.1. The minimum atomic E-state index is -0.128. The second kappa shape index (κ2) is 7.96. The standard InChI is InChI=1S/C24H24N6O2/c1-3-25-23(31)16-8-10-17(11-9-16)30-15(2)22(27-28-30)24(32)29-13-12-19-18-6-4-5-7-20(18)26-21(19)14-29/h4-11,26H,3,12-14H2,1-2H3,(H,25,31). The molecule has 0 bridgehead atoms. The lowest BCUT2D eigenvalue weighted by molar-refractivity contribution is 0.0726. The topological polar surface area (TPSA) is 95.9 Å². The molecule has 2 amide bonds. The number of rotatable bonds is 4. The van der Waals surface area contributed by atoms with E-state index < -0.39 is 0 Å². The van der Waals surface area contributed by atoms with Gasteiger partial charge in [0.2, 0.25) is 0 Å². The molecule has 0 unspecified atom stereocenters. The molecular formula is C24H24N6O2. The lowest BCUT2D eigenvalue weighted by atomic mass is 10.0. The van der Waals surface area contributed by atoms with E-state index >= 15 is 0 Å². The minimum Gasteiger partial charge on any atom is -0.357 e. The summed E-state index contributed by atoms with van der Waals surface area (Å²) in [6.45, 7) is 5.45. The molecule has 4 aromatic rings. The number of aromatic nitrogens is 4. The van der Waals surface area contributed by atoms with Crippen LogP contribution in [0.4, 0.5) is 0 Å². The summed E-state index contributed by atoms with van der Waals surface area (Å²) < 4.78 is 1.63. The van der Waals surface area contributed by atoms with E-state index in [1.807, 2.05) is 30.9 Å². The first-order valence-electron chi connectivity index (χ1n) is 10.8. The number of nitrogens with one attached hydrogen (secondary N) is 2. The average Bonchev–Trinajstić information content (AvgIpc) is 3.38. The van der Waals surface area contributed by atoms with Crippen LogP contribution in [0.15, 0.2) is 48.5 Å². The zero-order chi connectivity index (χ0) is 22.2. The number of benzene rings is 2. The van der Waals surface area contributed by atoms with Crippen molar-refractivity contribution >= 4 is 22.7 Å². The summed E-state index contributed by atoms with van der Waals surface area (Å²) in [5, 5.41) is 12.4. The van der Waals surface area contributed by atoms with Gasteiger partial charge in [0, 0.05) is 35.2 Å². The van der Waals surface area contributed by atoms with Crippen molar-refractivity contribution in [2.45, 2.75) is 26.8 Å². The van der Waals surface area contributed by atoms with Gasteiger partial charge in [0.15, 0.2) is 5.69 Å². The number of carbonyl (C=O) groups excluding carboxylic acids is 2. The highest BCUT2D eigenvalue weighted by molar-refractivity contribution is 5.95. The maximum Gasteiger partial charge on any atom is 0.276 e. The van der Waals surface area contributed by atoms with Gasteiger partial charge in [0.25, 0.3) is 11.8 Å². The Morgan fingerprint density at radius 2 is 1.91 bits per heavy atom. The van der Waals surface area contributed by atoms with Crippen LogP contribution >= 0.6 is 0 Å². The van der Waals surface area contributed by atoms with E-state index in [-0.39, 0.29) is 11.8 Å². The molecule has 2 N–H and O–H groups in total. The Morgan fingerprint density at radius 3 is 2.69 bits per heavy atom. The number of fused-ring (bicyclic) bond motifs is 3. The van der Waals surface area contributed by atoms with Crippen molar-refractivity contribution in [2.24, 2.45) is 0 Å². The highest BCUT2D eigenvalue weighted by Crippen LogP contribution is 2.28.